The minimum atomic E-state index is -3.92. The molecule has 4 N–H and O–H groups in total. The molecular weight excluding hydrogens is 344 g/mol. The van der Waals surface area contributed by atoms with Crippen LogP contribution >= 0.6 is 15.9 Å². The summed E-state index contributed by atoms with van der Waals surface area (Å²) in [4.78, 5) is -0.148. The third-order valence-electron chi connectivity index (χ3n) is 2.58. The van der Waals surface area contributed by atoms with Crippen molar-refractivity contribution in [2.45, 2.75) is 11.8 Å². The number of nitrogens with two attached hydrogens (primary N) is 2. The second kappa shape index (κ2) is 5.43. The van der Waals surface area contributed by atoms with Gasteiger partial charge in [0.2, 0.25) is 10.0 Å². The number of nitrogen functional groups attached to an aromatic ring is 1. The summed E-state index contributed by atoms with van der Waals surface area (Å²) in [5, 5.41) is 5.17. The maximum Gasteiger partial charge on any atom is 0.241 e. The van der Waals surface area contributed by atoms with E-state index < -0.39 is 10.0 Å². The smallest absolute Gasteiger partial charge is 0.241 e. The molecule has 0 unspecified atom stereocenters. The van der Waals surface area contributed by atoms with Crippen molar-refractivity contribution in [2.75, 3.05) is 5.73 Å². The van der Waals surface area contributed by atoms with Gasteiger partial charge in [-0.15, -0.1) is 0 Å². The summed E-state index contributed by atoms with van der Waals surface area (Å²) in [5.41, 5.74) is 6.93. The van der Waals surface area contributed by atoms with Crippen molar-refractivity contribution < 1.29 is 13.2 Å². The van der Waals surface area contributed by atoms with Crippen molar-refractivity contribution in [1.29, 1.82) is 0 Å². The number of aryl methyl sites for hydroxylation is 1. The molecule has 0 aliphatic rings. The molecule has 0 radical (unpaired) electrons. The van der Waals surface area contributed by atoms with Crippen LogP contribution in [0.5, 0.6) is 11.5 Å². The molecule has 0 atom stereocenters. The van der Waals surface area contributed by atoms with Gasteiger partial charge in [0.1, 0.15) is 16.4 Å². The number of ether oxygens (including phenoxy) is 1. The maximum absolute atomic E-state index is 11.6. The Hall–Kier alpha value is -1.57. The topological polar surface area (TPSA) is 95.4 Å². The molecule has 0 fully saturated rings. The minimum Gasteiger partial charge on any atom is -0.455 e. The van der Waals surface area contributed by atoms with Crippen LogP contribution in [0.4, 0.5) is 5.69 Å². The van der Waals surface area contributed by atoms with E-state index in [-0.39, 0.29) is 10.6 Å². The first kappa shape index (κ1) is 14.8. The van der Waals surface area contributed by atoms with Crippen molar-refractivity contribution >= 4 is 31.6 Å². The van der Waals surface area contributed by atoms with E-state index in [1.807, 2.05) is 19.1 Å². The monoisotopic (exact) mass is 356 g/mol. The molecule has 2 aromatic rings. The fourth-order valence-corrected chi connectivity index (χ4v) is 2.90. The van der Waals surface area contributed by atoms with E-state index in [9.17, 15) is 8.42 Å². The highest BCUT2D eigenvalue weighted by molar-refractivity contribution is 9.10. The molecule has 0 spiro atoms. The number of hydrogen-bond donors (Lipinski definition) is 2. The maximum atomic E-state index is 11.6. The number of halogens is 1. The molecule has 2 aromatic carbocycles. The van der Waals surface area contributed by atoms with E-state index in [0.717, 1.165) is 10.0 Å². The number of sulfonamides is 1. The molecule has 0 amide bonds. The Bertz CT molecular complexity index is 760. The van der Waals surface area contributed by atoms with Crippen molar-refractivity contribution in [1.82, 2.24) is 0 Å². The molecule has 5 nitrogen and oxygen atoms in total. The summed E-state index contributed by atoms with van der Waals surface area (Å²) >= 11 is 3.36. The van der Waals surface area contributed by atoms with Crippen LogP contribution in [0.25, 0.3) is 0 Å². The van der Waals surface area contributed by atoms with E-state index in [2.05, 4.69) is 15.9 Å². The van der Waals surface area contributed by atoms with Crippen molar-refractivity contribution in [3.8, 4) is 11.5 Å². The summed E-state index contributed by atoms with van der Waals surface area (Å²) < 4.78 is 29.5. The van der Waals surface area contributed by atoms with Crippen LogP contribution in [0.1, 0.15) is 5.56 Å². The highest BCUT2D eigenvalue weighted by atomic mass is 79.9. The molecule has 0 aliphatic carbocycles. The Morgan fingerprint density at radius 1 is 1.10 bits per heavy atom. The molecule has 0 saturated heterocycles. The molecule has 0 bridgehead atoms. The number of anilines is 1. The molecule has 0 aromatic heterocycles. The number of hydrogen-bond acceptors (Lipinski definition) is 4. The first-order valence-corrected chi connectivity index (χ1v) is 7.97. The lowest BCUT2D eigenvalue weighted by atomic mass is 10.2. The molecule has 7 heteroatoms. The first-order valence-electron chi connectivity index (χ1n) is 5.64. The molecule has 0 aliphatic heterocycles. The lowest BCUT2D eigenvalue weighted by molar-refractivity contribution is 0.465. The number of primary sulfonamides is 1. The molecule has 0 saturated carbocycles. The van der Waals surface area contributed by atoms with Crippen molar-refractivity contribution in [3.63, 3.8) is 0 Å². The van der Waals surface area contributed by atoms with Crippen LogP contribution in [0, 0.1) is 6.92 Å². The van der Waals surface area contributed by atoms with Gasteiger partial charge in [0.05, 0.1) is 4.47 Å². The summed E-state index contributed by atoms with van der Waals surface area (Å²) in [7, 11) is -3.92. The van der Waals surface area contributed by atoms with E-state index >= 15 is 0 Å². The molecule has 20 heavy (non-hydrogen) atoms. The Kier molecular flexibility index (Phi) is 4.03. The highest BCUT2D eigenvalue weighted by Crippen LogP contribution is 2.34. The molecule has 106 valence electrons. The van der Waals surface area contributed by atoms with E-state index in [0.29, 0.717) is 11.4 Å². The van der Waals surface area contributed by atoms with Gasteiger partial charge in [0, 0.05) is 5.69 Å². The summed E-state index contributed by atoms with van der Waals surface area (Å²) in [5.74, 6) is 0.622. The van der Waals surface area contributed by atoms with Crippen LogP contribution in [0.2, 0.25) is 0 Å². The van der Waals surface area contributed by atoms with Gasteiger partial charge in [-0.05, 0) is 58.7 Å². The number of rotatable bonds is 3. The van der Waals surface area contributed by atoms with Gasteiger partial charge in [0.15, 0.2) is 0 Å². The third-order valence-corrected chi connectivity index (χ3v) is 4.13. The van der Waals surface area contributed by atoms with Gasteiger partial charge in [0.25, 0.3) is 0 Å². The van der Waals surface area contributed by atoms with Crippen LogP contribution in [0.3, 0.4) is 0 Å². The average molecular weight is 357 g/mol. The van der Waals surface area contributed by atoms with Crippen molar-refractivity contribution in [2.24, 2.45) is 5.14 Å². The Morgan fingerprint density at radius 3 is 2.35 bits per heavy atom. The highest BCUT2D eigenvalue weighted by Gasteiger charge is 2.17. The van der Waals surface area contributed by atoms with Gasteiger partial charge in [-0.25, -0.2) is 13.6 Å². The largest absolute Gasteiger partial charge is 0.455 e. The second-order valence-corrected chi connectivity index (χ2v) is 6.67. The van der Waals surface area contributed by atoms with Crippen LogP contribution in [-0.4, -0.2) is 8.42 Å². The van der Waals surface area contributed by atoms with Gasteiger partial charge in [-0.1, -0.05) is 6.07 Å². The van der Waals surface area contributed by atoms with Gasteiger partial charge in [-0.3, -0.25) is 0 Å². The predicted molar refractivity (Wildman–Crippen MR) is 81.2 cm³/mol. The number of benzene rings is 2. The second-order valence-electron chi connectivity index (χ2n) is 4.29. The van der Waals surface area contributed by atoms with Crippen LogP contribution in [0.15, 0.2) is 45.8 Å². The van der Waals surface area contributed by atoms with E-state index in [1.54, 1.807) is 12.1 Å². The van der Waals surface area contributed by atoms with E-state index in [4.69, 9.17) is 15.6 Å². The predicted octanol–water partition coefficient (Wildman–Crippen LogP) is 2.78. The third kappa shape index (κ3) is 3.30. The molecular formula is C13H13BrN2O3S. The lowest BCUT2D eigenvalue weighted by Crippen LogP contribution is -2.13. The minimum absolute atomic E-state index is 0.131. The zero-order chi connectivity index (χ0) is 14.9. The fraction of sp³-hybridized carbons (Fsp3) is 0.0769. The standard InChI is InChI=1S/C13H13BrN2O3S/c1-8-2-4-11(10(14)6-8)19-12-5-3-9(15)7-13(12)20(16,17)18/h2-7H,15H2,1H3,(H2,16,17,18). The Morgan fingerprint density at radius 2 is 1.75 bits per heavy atom. The van der Waals surface area contributed by atoms with Crippen LogP contribution < -0.4 is 15.6 Å². The van der Waals surface area contributed by atoms with Crippen molar-refractivity contribution in [3.05, 3.63) is 46.4 Å². The summed E-state index contributed by atoms with van der Waals surface area (Å²) in [6.07, 6.45) is 0. The Balaban J connectivity index is 2.49. The molecule has 2 rings (SSSR count). The summed E-state index contributed by atoms with van der Waals surface area (Å²) in [6, 6.07) is 9.75. The quantitative estimate of drug-likeness (QED) is 0.826. The fourth-order valence-electron chi connectivity index (χ4n) is 1.64. The van der Waals surface area contributed by atoms with Crippen LogP contribution in [-0.2, 0) is 10.0 Å². The zero-order valence-corrected chi connectivity index (χ0v) is 13.0. The zero-order valence-electron chi connectivity index (χ0n) is 10.6. The summed E-state index contributed by atoms with van der Waals surface area (Å²) in [6.45, 7) is 1.94. The van der Waals surface area contributed by atoms with Gasteiger partial charge >= 0.3 is 0 Å². The van der Waals surface area contributed by atoms with E-state index in [1.165, 1.54) is 12.1 Å². The average Bonchev–Trinajstić information content (AvgIpc) is 2.33. The lowest BCUT2D eigenvalue weighted by Gasteiger charge is -2.12. The normalized spacial score (nSPS) is 11.3. The molecule has 0 heterocycles. The first-order chi connectivity index (χ1) is 9.27. The SMILES string of the molecule is Cc1ccc(Oc2ccc(N)cc2S(N)(=O)=O)c(Br)c1. The Labute approximate surface area is 125 Å². The van der Waals surface area contributed by atoms with Gasteiger partial charge in [-0.2, -0.15) is 0 Å². The van der Waals surface area contributed by atoms with Gasteiger partial charge < -0.3 is 10.5 Å².